The smallest absolute Gasteiger partial charge is 0.266 e. The molecule has 0 spiro atoms. The molecule has 32 heavy (non-hydrogen) atoms. The number of likely N-dealkylation sites (N-methyl/N-ethyl adjacent to an activating group) is 1. The maximum Gasteiger partial charge on any atom is 0.266 e. The van der Waals surface area contributed by atoms with Gasteiger partial charge in [0.25, 0.3) is 5.91 Å². The fourth-order valence-electron chi connectivity index (χ4n) is 4.34. The van der Waals surface area contributed by atoms with Gasteiger partial charge in [-0.25, -0.2) is 0 Å². The molecule has 0 unspecified atom stereocenters. The van der Waals surface area contributed by atoms with Crippen LogP contribution in [0.5, 0.6) is 0 Å². The highest BCUT2D eigenvalue weighted by atomic mass is 32.1. The third-order valence-electron chi connectivity index (χ3n) is 6.50. The Morgan fingerprint density at radius 3 is 2.25 bits per heavy atom. The summed E-state index contributed by atoms with van der Waals surface area (Å²) in [4.78, 5) is 19.9. The lowest BCUT2D eigenvalue weighted by molar-refractivity contribution is 0.103. The van der Waals surface area contributed by atoms with Crippen molar-refractivity contribution in [2.24, 2.45) is 0 Å². The van der Waals surface area contributed by atoms with E-state index in [1.165, 1.54) is 38.5 Å². The molecule has 1 saturated heterocycles. The number of anilines is 1. The molecular formula is C26H33N3OS2. The number of piperazine rings is 1. The second-order valence-electron chi connectivity index (χ2n) is 9.02. The molecule has 1 amide bonds. The molecule has 3 heterocycles. The fourth-order valence-corrected chi connectivity index (χ4v) is 6.05. The molecule has 170 valence electrons. The van der Waals surface area contributed by atoms with Crippen molar-refractivity contribution in [3.05, 3.63) is 73.8 Å². The molecule has 4 rings (SSSR count). The van der Waals surface area contributed by atoms with Crippen LogP contribution < -0.4 is 5.32 Å². The first-order valence-corrected chi connectivity index (χ1v) is 13.0. The highest BCUT2D eigenvalue weighted by Gasteiger charge is 2.31. The number of carbonyl (C=O) groups is 1. The summed E-state index contributed by atoms with van der Waals surface area (Å²) in [6, 6.07) is 13.0. The van der Waals surface area contributed by atoms with Crippen molar-refractivity contribution in [1.82, 2.24) is 9.80 Å². The number of benzene rings is 1. The molecule has 0 saturated carbocycles. The number of thiophene rings is 2. The van der Waals surface area contributed by atoms with Crippen molar-refractivity contribution in [2.45, 2.75) is 39.7 Å². The first-order chi connectivity index (χ1) is 15.3. The number of amides is 1. The fraction of sp³-hybridized carbons (Fsp3) is 0.423. The number of hydrogen-bond donors (Lipinski definition) is 1. The number of nitrogens with one attached hydrogen (secondary N) is 1. The van der Waals surface area contributed by atoms with Gasteiger partial charge in [0, 0.05) is 36.6 Å². The number of hydrogen-bond acceptors (Lipinski definition) is 5. The van der Waals surface area contributed by atoms with E-state index < -0.39 is 0 Å². The third-order valence-corrected chi connectivity index (χ3v) is 8.51. The predicted octanol–water partition coefficient (Wildman–Crippen LogP) is 6.14. The van der Waals surface area contributed by atoms with Gasteiger partial charge >= 0.3 is 0 Å². The monoisotopic (exact) mass is 467 g/mol. The standard InChI is InChI=1S/C26H33N3OS2/c1-17(2)20-8-10-21(11-9-20)24(29-14-12-28(5)13-15-29)23-18(3)19(4)32-26(23)27-25(30)22-7-6-16-31-22/h6-11,16-17,24H,12-15H2,1-5H3,(H,27,30)/t24-/m1/s1. The number of carbonyl (C=O) groups excluding carboxylic acids is 1. The second-order valence-corrected chi connectivity index (χ2v) is 11.2. The molecule has 1 fully saturated rings. The molecule has 3 aromatic rings. The first-order valence-electron chi connectivity index (χ1n) is 11.3. The molecule has 1 aliphatic rings. The van der Waals surface area contributed by atoms with Crippen LogP contribution in [0.1, 0.15) is 62.6 Å². The average molecular weight is 468 g/mol. The summed E-state index contributed by atoms with van der Waals surface area (Å²) in [5.74, 6) is 0.492. The molecule has 0 radical (unpaired) electrons. The lowest BCUT2D eigenvalue weighted by Crippen LogP contribution is -2.46. The van der Waals surface area contributed by atoms with Gasteiger partial charge in [0.2, 0.25) is 0 Å². The Balaban J connectivity index is 1.76. The zero-order valence-corrected chi connectivity index (χ0v) is 21.3. The number of rotatable bonds is 6. The third kappa shape index (κ3) is 4.84. The van der Waals surface area contributed by atoms with Gasteiger partial charge in [0.1, 0.15) is 5.00 Å². The maximum absolute atomic E-state index is 12.9. The molecule has 2 aromatic heterocycles. The highest BCUT2D eigenvalue weighted by Crippen LogP contribution is 2.43. The van der Waals surface area contributed by atoms with Gasteiger partial charge in [-0.2, -0.15) is 0 Å². The van der Waals surface area contributed by atoms with E-state index in [0.29, 0.717) is 5.92 Å². The van der Waals surface area contributed by atoms with Crippen LogP contribution in [0.4, 0.5) is 5.00 Å². The lowest BCUT2D eigenvalue weighted by atomic mass is 9.92. The van der Waals surface area contributed by atoms with Crippen molar-refractivity contribution >= 4 is 33.6 Å². The van der Waals surface area contributed by atoms with E-state index in [0.717, 1.165) is 36.1 Å². The van der Waals surface area contributed by atoms with Crippen LogP contribution in [-0.2, 0) is 0 Å². The molecular weight excluding hydrogens is 434 g/mol. The molecule has 1 atom stereocenters. The van der Waals surface area contributed by atoms with E-state index in [2.05, 4.69) is 74.1 Å². The molecule has 0 bridgehead atoms. The van der Waals surface area contributed by atoms with Gasteiger partial charge in [0.15, 0.2) is 0 Å². The summed E-state index contributed by atoms with van der Waals surface area (Å²) in [5.41, 5.74) is 5.19. The van der Waals surface area contributed by atoms with Crippen LogP contribution in [0.2, 0.25) is 0 Å². The van der Waals surface area contributed by atoms with Gasteiger partial charge in [0.05, 0.1) is 10.9 Å². The average Bonchev–Trinajstić information content (AvgIpc) is 3.40. The summed E-state index contributed by atoms with van der Waals surface area (Å²) in [6.07, 6.45) is 0. The van der Waals surface area contributed by atoms with E-state index in [4.69, 9.17) is 0 Å². The summed E-state index contributed by atoms with van der Waals surface area (Å²) in [6.45, 7) is 13.0. The van der Waals surface area contributed by atoms with Crippen molar-refractivity contribution in [3.8, 4) is 0 Å². The molecule has 6 heteroatoms. The Morgan fingerprint density at radius 1 is 1.00 bits per heavy atom. The van der Waals surface area contributed by atoms with Crippen molar-refractivity contribution in [1.29, 1.82) is 0 Å². The van der Waals surface area contributed by atoms with E-state index in [-0.39, 0.29) is 11.9 Å². The molecule has 4 nitrogen and oxygen atoms in total. The van der Waals surface area contributed by atoms with Crippen LogP contribution in [0.15, 0.2) is 41.8 Å². The SMILES string of the molecule is Cc1sc(NC(=O)c2cccs2)c([C@@H](c2ccc(C(C)C)cc2)N2CCN(C)CC2)c1C. The normalized spacial score (nSPS) is 16.4. The Kier molecular flexibility index (Phi) is 7.15. The Morgan fingerprint density at radius 2 is 1.66 bits per heavy atom. The van der Waals surface area contributed by atoms with Crippen molar-refractivity contribution in [3.63, 3.8) is 0 Å². The van der Waals surface area contributed by atoms with Crippen molar-refractivity contribution < 1.29 is 4.79 Å². The molecule has 1 aromatic carbocycles. The van der Waals surface area contributed by atoms with Gasteiger partial charge in [-0.15, -0.1) is 22.7 Å². The van der Waals surface area contributed by atoms with Crippen LogP contribution in [0, 0.1) is 13.8 Å². The quantitative estimate of drug-likeness (QED) is 0.473. The lowest BCUT2D eigenvalue weighted by Gasteiger charge is -2.39. The van der Waals surface area contributed by atoms with Gasteiger partial charge in [-0.1, -0.05) is 44.2 Å². The summed E-state index contributed by atoms with van der Waals surface area (Å²) < 4.78 is 0. The minimum Gasteiger partial charge on any atom is -0.313 e. The summed E-state index contributed by atoms with van der Waals surface area (Å²) in [5, 5.41) is 6.19. The largest absolute Gasteiger partial charge is 0.313 e. The van der Waals surface area contributed by atoms with E-state index >= 15 is 0 Å². The van der Waals surface area contributed by atoms with Crippen LogP contribution in [0.3, 0.4) is 0 Å². The molecule has 1 aliphatic heterocycles. The van der Waals surface area contributed by atoms with Gasteiger partial charge in [-0.3, -0.25) is 9.69 Å². The van der Waals surface area contributed by atoms with E-state index in [9.17, 15) is 4.79 Å². The first kappa shape index (κ1) is 23.2. The number of aryl methyl sites for hydroxylation is 1. The summed E-state index contributed by atoms with van der Waals surface area (Å²) in [7, 11) is 2.19. The van der Waals surface area contributed by atoms with Crippen LogP contribution >= 0.6 is 22.7 Å². The Hall–Kier alpha value is -1.99. The van der Waals surface area contributed by atoms with E-state index in [1.807, 2.05) is 17.5 Å². The Labute approximate surface area is 199 Å². The zero-order chi connectivity index (χ0) is 22.8. The van der Waals surface area contributed by atoms with Gasteiger partial charge < -0.3 is 10.2 Å². The number of nitrogens with zero attached hydrogens (tertiary/aromatic N) is 2. The predicted molar refractivity (Wildman–Crippen MR) is 138 cm³/mol. The van der Waals surface area contributed by atoms with Crippen LogP contribution in [-0.4, -0.2) is 48.9 Å². The maximum atomic E-state index is 12.9. The Bertz CT molecular complexity index is 1050. The van der Waals surface area contributed by atoms with E-state index in [1.54, 1.807) is 11.3 Å². The van der Waals surface area contributed by atoms with Gasteiger partial charge in [-0.05, 0) is 54.9 Å². The zero-order valence-electron chi connectivity index (χ0n) is 19.6. The minimum absolute atomic E-state index is 0.0187. The second kappa shape index (κ2) is 9.87. The minimum atomic E-state index is -0.0187. The van der Waals surface area contributed by atoms with Crippen molar-refractivity contribution in [2.75, 3.05) is 38.5 Å². The van der Waals surface area contributed by atoms with Crippen LogP contribution in [0.25, 0.3) is 0 Å². The highest BCUT2D eigenvalue weighted by molar-refractivity contribution is 7.17. The topological polar surface area (TPSA) is 35.6 Å². The molecule has 0 aliphatic carbocycles. The summed E-state index contributed by atoms with van der Waals surface area (Å²) >= 11 is 3.18. The molecule has 1 N–H and O–H groups in total.